The molecule has 1 aromatic rings. The third-order valence-corrected chi connectivity index (χ3v) is 4.93. The number of allylic oxidation sites excluding steroid dienone is 2. The van der Waals surface area contributed by atoms with Gasteiger partial charge in [-0.15, -0.1) is 10.2 Å². The monoisotopic (exact) mass is 359 g/mol. The van der Waals surface area contributed by atoms with Crippen LogP contribution in [0, 0.1) is 17.0 Å². The molecule has 0 amide bonds. The van der Waals surface area contributed by atoms with Crippen LogP contribution in [0.2, 0.25) is 0 Å². The van der Waals surface area contributed by atoms with E-state index in [0.29, 0.717) is 11.3 Å². The van der Waals surface area contributed by atoms with E-state index < -0.39 is 5.78 Å². The summed E-state index contributed by atoms with van der Waals surface area (Å²) in [6.07, 6.45) is 0.782. The molecular weight excluding hydrogens is 334 g/mol. The first-order valence-electron chi connectivity index (χ1n) is 8.45. The summed E-state index contributed by atoms with van der Waals surface area (Å²) in [7, 11) is 0. The summed E-state index contributed by atoms with van der Waals surface area (Å²) in [6, 6.07) is 1.82. The topological polar surface area (TPSA) is 105 Å². The number of hydrogen-bond acceptors (Lipinski definition) is 6. The Balaban J connectivity index is 2.77. The van der Waals surface area contributed by atoms with Crippen LogP contribution in [-0.2, 0) is 15.6 Å². The molecule has 1 aromatic carbocycles. The summed E-state index contributed by atoms with van der Waals surface area (Å²) in [5.74, 6) is -0.667. The number of aliphatic hydroxyl groups excluding tert-OH is 1. The second-order valence-corrected chi connectivity index (χ2v) is 8.18. The van der Waals surface area contributed by atoms with Crippen LogP contribution in [0.3, 0.4) is 0 Å². The molecule has 0 spiro atoms. The largest absolute Gasteiger partial charge is 0.510 e. The first-order valence-corrected chi connectivity index (χ1v) is 8.45. The normalized spacial score (nSPS) is 18.6. The maximum Gasteiger partial charge on any atom is 0.278 e. The molecule has 7 nitrogen and oxygen atoms in total. The Morgan fingerprint density at radius 1 is 1.23 bits per heavy atom. The van der Waals surface area contributed by atoms with Crippen LogP contribution in [0.5, 0.6) is 0 Å². The van der Waals surface area contributed by atoms with E-state index in [1.165, 1.54) is 13.8 Å². The first kappa shape index (κ1) is 19.8. The zero-order chi connectivity index (χ0) is 20.0. The van der Waals surface area contributed by atoms with Crippen molar-refractivity contribution in [2.45, 2.75) is 65.7 Å². The molecule has 1 N–H and O–H groups in total. The zero-order valence-electron chi connectivity index (χ0n) is 16.3. The molecule has 0 atom stereocenters. The number of fused-ring (bicyclic) bond motifs is 1. The van der Waals surface area contributed by atoms with Crippen LogP contribution in [0.25, 0.3) is 0 Å². The number of benzene rings is 1. The average Bonchev–Trinajstić information content (AvgIpc) is 2.63. The number of azo groups is 1. The number of rotatable bonds is 4. The van der Waals surface area contributed by atoms with E-state index in [0.717, 1.165) is 17.5 Å². The Labute approximate surface area is 153 Å². The lowest BCUT2D eigenvalue weighted by Crippen LogP contribution is -2.18. The van der Waals surface area contributed by atoms with E-state index in [-0.39, 0.29) is 32.9 Å². The predicted octanol–water partition coefficient (Wildman–Crippen LogP) is 5.32. The standard InChI is InChI=1S/C19H25N3O4/c1-10-14(20-21-16(11(2)23)12(3)24)8-13-15(17(10)22(25)26)19(6,7)9-18(13,4)5/h8,23H,9H2,1-7H3/b16-11+,21-20?. The van der Waals surface area contributed by atoms with E-state index in [9.17, 15) is 20.0 Å². The molecule has 0 heterocycles. The first-order chi connectivity index (χ1) is 11.8. The highest BCUT2D eigenvalue weighted by atomic mass is 16.6. The Bertz CT molecular complexity index is 860. The van der Waals surface area contributed by atoms with Crippen molar-refractivity contribution in [2.75, 3.05) is 0 Å². The minimum atomic E-state index is -0.427. The van der Waals surface area contributed by atoms with Gasteiger partial charge in [0.1, 0.15) is 5.76 Å². The summed E-state index contributed by atoms with van der Waals surface area (Å²) in [5, 5.41) is 29.3. The third kappa shape index (κ3) is 3.25. The number of ketones is 1. The van der Waals surface area contributed by atoms with Gasteiger partial charge >= 0.3 is 0 Å². The number of nitrogens with zero attached hydrogens (tertiary/aromatic N) is 3. The number of nitro groups is 1. The number of aliphatic hydroxyl groups is 1. The molecule has 0 bridgehead atoms. The van der Waals surface area contributed by atoms with E-state index >= 15 is 0 Å². The van der Waals surface area contributed by atoms with Crippen molar-refractivity contribution in [3.63, 3.8) is 0 Å². The fourth-order valence-electron chi connectivity index (χ4n) is 4.09. The van der Waals surface area contributed by atoms with Gasteiger partial charge in [-0.2, -0.15) is 0 Å². The highest BCUT2D eigenvalue weighted by molar-refractivity contribution is 5.93. The predicted molar refractivity (Wildman–Crippen MR) is 99.0 cm³/mol. The lowest BCUT2D eigenvalue weighted by Gasteiger charge is -2.22. The van der Waals surface area contributed by atoms with Crippen LogP contribution in [-0.4, -0.2) is 15.8 Å². The van der Waals surface area contributed by atoms with Crippen LogP contribution in [0.15, 0.2) is 27.8 Å². The molecule has 0 saturated heterocycles. The van der Waals surface area contributed by atoms with Crippen molar-refractivity contribution in [3.8, 4) is 0 Å². The van der Waals surface area contributed by atoms with Gasteiger partial charge in [0.05, 0.1) is 16.2 Å². The van der Waals surface area contributed by atoms with Gasteiger partial charge in [0.15, 0.2) is 11.5 Å². The van der Waals surface area contributed by atoms with Crippen molar-refractivity contribution < 1.29 is 14.8 Å². The zero-order valence-corrected chi connectivity index (χ0v) is 16.3. The van der Waals surface area contributed by atoms with E-state index in [1.54, 1.807) is 6.92 Å². The summed E-state index contributed by atoms with van der Waals surface area (Å²) in [4.78, 5) is 23.0. The smallest absolute Gasteiger partial charge is 0.278 e. The molecular formula is C19H25N3O4. The molecule has 1 aliphatic carbocycles. The minimum absolute atomic E-state index is 0.0566. The van der Waals surface area contributed by atoms with Crippen molar-refractivity contribution in [3.05, 3.63) is 44.3 Å². The number of nitro benzene ring substituents is 1. The summed E-state index contributed by atoms with van der Waals surface area (Å²) in [6.45, 7) is 12.4. The second kappa shape index (κ2) is 6.30. The molecule has 0 fully saturated rings. The number of hydrogen-bond donors (Lipinski definition) is 1. The van der Waals surface area contributed by atoms with Gasteiger partial charge in [0.25, 0.3) is 5.69 Å². The molecule has 1 aliphatic rings. The molecule has 0 saturated carbocycles. The number of Topliss-reactive ketones (excluding diaryl/α,β-unsaturated/α-hetero) is 1. The fourth-order valence-corrected chi connectivity index (χ4v) is 4.09. The molecule has 140 valence electrons. The van der Waals surface area contributed by atoms with Gasteiger partial charge in [0, 0.05) is 12.5 Å². The van der Waals surface area contributed by atoms with Gasteiger partial charge < -0.3 is 5.11 Å². The highest BCUT2D eigenvalue weighted by Crippen LogP contribution is 2.55. The van der Waals surface area contributed by atoms with Gasteiger partial charge in [-0.25, -0.2) is 0 Å². The number of carbonyl (C=O) groups excluding carboxylic acids is 1. The molecule has 26 heavy (non-hydrogen) atoms. The molecule has 0 radical (unpaired) electrons. The summed E-state index contributed by atoms with van der Waals surface area (Å²) < 4.78 is 0. The number of carbonyl (C=O) groups is 1. The maximum absolute atomic E-state index is 11.8. The lowest BCUT2D eigenvalue weighted by atomic mass is 9.81. The lowest BCUT2D eigenvalue weighted by molar-refractivity contribution is -0.386. The molecule has 0 aromatic heterocycles. The van der Waals surface area contributed by atoms with Crippen LogP contribution in [0.1, 0.15) is 64.7 Å². The average molecular weight is 359 g/mol. The Hall–Kier alpha value is -2.57. The molecule has 7 heteroatoms. The van der Waals surface area contributed by atoms with Crippen molar-refractivity contribution in [2.24, 2.45) is 10.2 Å². The summed E-state index contributed by atoms with van der Waals surface area (Å²) in [5.41, 5.74) is 1.69. The van der Waals surface area contributed by atoms with Crippen molar-refractivity contribution in [1.82, 2.24) is 0 Å². The second-order valence-electron chi connectivity index (χ2n) is 8.18. The maximum atomic E-state index is 11.8. The molecule has 2 rings (SSSR count). The van der Waals surface area contributed by atoms with Gasteiger partial charge in [0.2, 0.25) is 0 Å². The van der Waals surface area contributed by atoms with Gasteiger partial charge in [-0.1, -0.05) is 27.7 Å². The van der Waals surface area contributed by atoms with Crippen molar-refractivity contribution >= 4 is 17.2 Å². The van der Waals surface area contributed by atoms with E-state index in [1.807, 2.05) is 19.9 Å². The Morgan fingerprint density at radius 2 is 1.81 bits per heavy atom. The highest BCUT2D eigenvalue weighted by Gasteiger charge is 2.47. The van der Waals surface area contributed by atoms with Crippen molar-refractivity contribution in [1.29, 1.82) is 0 Å². The quantitative estimate of drug-likeness (QED) is 0.258. The van der Waals surface area contributed by atoms with E-state index in [2.05, 4.69) is 24.1 Å². The minimum Gasteiger partial charge on any atom is -0.510 e. The van der Waals surface area contributed by atoms with Crippen LogP contribution < -0.4 is 0 Å². The third-order valence-electron chi connectivity index (χ3n) is 4.93. The fraction of sp³-hybridized carbons (Fsp3) is 0.526. The Kier molecular flexibility index (Phi) is 4.79. The van der Waals surface area contributed by atoms with Crippen LogP contribution in [0.4, 0.5) is 11.4 Å². The Morgan fingerprint density at radius 3 is 2.27 bits per heavy atom. The van der Waals surface area contributed by atoms with Gasteiger partial charge in [-0.05, 0) is 42.7 Å². The SMILES string of the molecule is CC(=O)/C(N=Nc1cc2c(c([N+](=O)[O-])c1C)C(C)(C)CC2(C)C)=C(/C)O. The van der Waals surface area contributed by atoms with E-state index in [4.69, 9.17) is 0 Å². The van der Waals surface area contributed by atoms with Gasteiger partial charge in [-0.3, -0.25) is 14.9 Å². The van der Waals surface area contributed by atoms with Crippen LogP contribution >= 0.6 is 0 Å². The summed E-state index contributed by atoms with van der Waals surface area (Å²) >= 11 is 0. The molecule has 0 aliphatic heterocycles. The molecule has 0 unspecified atom stereocenters.